The summed E-state index contributed by atoms with van der Waals surface area (Å²) in [6.07, 6.45) is 1.68. The number of nitrogens with zero attached hydrogens (tertiary/aromatic N) is 4. The summed E-state index contributed by atoms with van der Waals surface area (Å²) in [4.78, 5) is 12.5. The van der Waals surface area contributed by atoms with Gasteiger partial charge in [-0.05, 0) is 18.9 Å². The summed E-state index contributed by atoms with van der Waals surface area (Å²) < 4.78 is 7.10. The van der Waals surface area contributed by atoms with Gasteiger partial charge in [0, 0.05) is 14.1 Å². The smallest absolute Gasteiger partial charge is 0.162 e. The quantitative estimate of drug-likeness (QED) is 0.685. The van der Waals surface area contributed by atoms with Gasteiger partial charge in [0.05, 0.1) is 19.1 Å². The fourth-order valence-corrected chi connectivity index (χ4v) is 1.87. The van der Waals surface area contributed by atoms with Gasteiger partial charge < -0.3 is 14.6 Å². The highest BCUT2D eigenvalue weighted by atomic mass is 16.5. The van der Waals surface area contributed by atoms with E-state index in [0.29, 0.717) is 17.3 Å². The zero-order valence-electron chi connectivity index (χ0n) is 11.8. The number of aromatic nitrogens is 2. The van der Waals surface area contributed by atoms with E-state index in [9.17, 15) is 0 Å². The van der Waals surface area contributed by atoms with Gasteiger partial charge in [0.1, 0.15) is 11.4 Å². The van der Waals surface area contributed by atoms with Crippen LogP contribution in [-0.4, -0.2) is 36.3 Å². The molecule has 0 atom stereocenters. The highest BCUT2D eigenvalue weighted by Gasteiger charge is 2.15. The second-order valence-electron chi connectivity index (χ2n) is 4.08. The third kappa shape index (κ3) is 2.54. The monoisotopic (exact) mass is 271 g/mol. The summed E-state index contributed by atoms with van der Waals surface area (Å²) in [5, 5.41) is 3.21. The number of hydrogen-bond acceptors (Lipinski definition) is 4. The SMILES string of the molecule is C=Nc1c(C(=NC)Nc2ccccc2OC)ncn1C. The molecular weight excluding hydrogens is 254 g/mol. The summed E-state index contributed by atoms with van der Waals surface area (Å²) >= 11 is 0. The van der Waals surface area contributed by atoms with Crippen molar-refractivity contribution >= 4 is 24.1 Å². The molecule has 6 nitrogen and oxygen atoms in total. The van der Waals surface area contributed by atoms with Crippen molar-refractivity contribution in [2.75, 3.05) is 19.5 Å². The summed E-state index contributed by atoms with van der Waals surface area (Å²) in [5.41, 5.74) is 1.46. The van der Waals surface area contributed by atoms with Crippen LogP contribution in [0.5, 0.6) is 5.75 Å². The van der Waals surface area contributed by atoms with Crippen LogP contribution in [0.2, 0.25) is 0 Å². The van der Waals surface area contributed by atoms with Crippen LogP contribution < -0.4 is 10.1 Å². The number of para-hydroxylation sites is 2. The van der Waals surface area contributed by atoms with E-state index >= 15 is 0 Å². The molecule has 0 saturated carbocycles. The average molecular weight is 271 g/mol. The predicted molar refractivity (Wildman–Crippen MR) is 81.5 cm³/mol. The standard InChI is InChI=1S/C14H17N5O/c1-15-13(12-14(16-2)19(3)9-17-12)18-10-7-5-6-8-11(10)20-4/h5-9H,2H2,1,3-4H3,(H,15,18). The molecule has 0 bridgehead atoms. The zero-order chi connectivity index (χ0) is 14.5. The molecule has 0 aliphatic carbocycles. The third-order valence-corrected chi connectivity index (χ3v) is 2.86. The lowest BCUT2D eigenvalue weighted by Gasteiger charge is -2.12. The lowest BCUT2D eigenvalue weighted by molar-refractivity contribution is 0.417. The first-order valence-electron chi connectivity index (χ1n) is 6.06. The summed E-state index contributed by atoms with van der Waals surface area (Å²) in [5.74, 6) is 2.00. The zero-order valence-corrected chi connectivity index (χ0v) is 11.8. The second-order valence-corrected chi connectivity index (χ2v) is 4.08. The van der Waals surface area contributed by atoms with Gasteiger partial charge in [0.2, 0.25) is 0 Å². The number of nitrogens with one attached hydrogen (secondary N) is 1. The summed E-state index contributed by atoms with van der Waals surface area (Å²) in [6.45, 7) is 3.56. The van der Waals surface area contributed by atoms with Crippen molar-refractivity contribution in [2.24, 2.45) is 17.0 Å². The van der Waals surface area contributed by atoms with Crippen LogP contribution in [0, 0.1) is 0 Å². The molecule has 0 fully saturated rings. The van der Waals surface area contributed by atoms with E-state index in [2.05, 4.69) is 27.0 Å². The van der Waals surface area contributed by atoms with Gasteiger partial charge in [0.25, 0.3) is 0 Å². The fraction of sp³-hybridized carbons (Fsp3) is 0.214. The van der Waals surface area contributed by atoms with Crippen LogP contribution in [0.1, 0.15) is 5.69 Å². The third-order valence-electron chi connectivity index (χ3n) is 2.86. The maximum Gasteiger partial charge on any atom is 0.162 e. The van der Waals surface area contributed by atoms with Gasteiger partial charge >= 0.3 is 0 Å². The maximum atomic E-state index is 5.31. The predicted octanol–water partition coefficient (Wildman–Crippen LogP) is 2.25. The first kappa shape index (κ1) is 13.8. The molecule has 2 aromatic rings. The second kappa shape index (κ2) is 6.01. The minimum absolute atomic E-state index is 0.609. The van der Waals surface area contributed by atoms with Crippen molar-refractivity contribution in [3.8, 4) is 5.75 Å². The highest BCUT2D eigenvalue weighted by Crippen LogP contribution is 2.25. The number of imidazole rings is 1. The van der Waals surface area contributed by atoms with Gasteiger partial charge in [-0.15, -0.1) is 0 Å². The highest BCUT2D eigenvalue weighted by molar-refractivity contribution is 6.10. The number of rotatable bonds is 4. The number of amidine groups is 1. The Hall–Kier alpha value is -2.63. The molecule has 0 saturated heterocycles. The van der Waals surface area contributed by atoms with Crippen molar-refractivity contribution in [3.63, 3.8) is 0 Å². The van der Waals surface area contributed by atoms with Crippen molar-refractivity contribution < 1.29 is 4.74 Å². The largest absolute Gasteiger partial charge is 0.495 e. The maximum absolute atomic E-state index is 5.31. The molecule has 1 N–H and O–H groups in total. The van der Waals surface area contributed by atoms with Gasteiger partial charge in [-0.3, -0.25) is 4.99 Å². The Labute approximate surface area is 117 Å². The number of anilines is 1. The Bertz CT molecular complexity index is 645. The number of hydrogen-bond donors (Lipinski definition) is 1. The van der Waals surface area contributed by atoms with E-state index in [4.69, 9.17) is 4.74 Å². The number of ether oxygens (including phenoxy) is 1. The van der Waals surface area contributed by atoms with Gasteiger partial charge in [-0.2, -0.15) is 0 Å². The first-order chi connectivity index (χ1) is 9.71. The fourth-order valence-electron chi connectivity index (χ4n) is 1.87. The molecule has 104 valence electrons. The first-order valence-corrected chi connectivity index (χ1v) is 6.06. The van der Waals surface area contributed by atoms with E-state index in [1.807, 2.05) is 31.3 Å². The molecule has 0 spiro atoms. The summed E-state index contributed by atoms with van der Waals surface area (Å²) in [6, 6.07) is 7.61. The van der Waals surface area contributed by atoms with Crippen LogP contribution in [0.25, 0.3) is 0 Å². The van der Waals surface area contributed by atoms with E-state index in [-0.39, 0.29) is 0 Å². The van der Waals surface area contributed by atoms with E-state index < -0.39 is 0 Å². The van der Waals surface area contributed by atoms with Gasteiger partial charge in [0.15, 0.2) is 11.7 Å². The molecule has 0 amide bonds. The Morgan fingerprint density at radius 2 is 2.15 bits per heavy atom. The number of aryl methyl sites for hydroxylation is 1. The van der Waals surface area contributed by atoms with Crippen molar-refractivity contribution in [2.45, 2.75) is 0 Å². The van der Waals surface area contributed by atoms with Crippen molar-refractivity contribution in [1.29, 1.82) is 0 Å². The van der Waals surface area contributed by atoms with E-state index in [1.165, 1.54) is 0 Å². The molecule has 0 unspecified atom stereocenters. The topological polar surface area (TPSA) is 63.8 Å². The summed E-state index contributed by atoms with van der Waals surface area (Å²) in [7, 11) is 5.18. The molecule has 0 aliphatic heterocycles. The van der Waals surface area contributed by atoms with E-state index in [1.54, 1.807) is 25.1 Å². The van der Waals surface area contributed by atoms with Crippen LogP contribution >= 0.6 is 0 Å². The Kier molecular flexibility index (Phi) is 4.14. The molecular formula is C14H17N5O. The Morgan fingerprint density at radius 1 is 1.40 bits per heavy atom. The molecule has 0 aliphatic rings. The van der Waals surface area contributed by atoms with Crippen LogP contribution in [0.15, 0.2) is 40.6 Å². The molecule has 2 rings (SSSR count). The Balaban J connectivity index is 2.37. The van der Waals surface area contributed by atoms with Crippen molar-refractivity contribution in [3.05, 3.63) is 36.3 Å². The van der Waals surface area contributed by atoms with Crippen LogP contribution in [-0.2, 0) is 7.05 Å². The van der Waals surface area contributed by atoms with Crippen molar-refractivity contribution in [1.82, 2.24) is 9.55 Å². The average Bonchev–Trinajstić information content (AvgIpc) is 2.85. The normalized spacial score (nSPS) is 11.2. The minimum atomic E-state index is 0.609. The lowest BCUT2D eigenvalue weighted by atomic mass is 10.2. The molecule has 6 heteroatoms. The van der Waals surface area contributed by atoms with Gasteiger partial charge in [-0.25, -0.2) is 9.98 Å². The molecule has 1 aromatic heterocycles. The molecule has 0 radical (unpaired) electrons. The molecule has 20 heavy (non-hydrogen) atoms. The van der Waals surface area contributed by atoms with Crippen LogP contribution in [0.3, 0.4) is 0 Å². The number of benzene rings is 1. The lowest BCUT2D eigenvalue weighted by Crippen LogP contribution is -2.15. The number of methoxy groups -OCH3 is 1. The van der Waals surface area contributed by atoms with Gasteiger partial charge in [-0.1, -0.05) is 12.1 Å². The van der Waals surface area contributed by atoms with Crippen LogP contribution in [0.4, 0.5) is 11.5 Å². The minimum Gasteiger partial charge on any atom is -0.495 e. The molecule has 1 aromatic carbocycles. The molecule has 1 heterocycles. The van der Waals surface area contributed by atoms with E-state index in [0.717, 1.165) is 11.4 Å². The Morgan fingerprint density at radius 3 is 2.80 bits per heavy atom. The number of aliphatic imine (C=N–C) groups is 2.